The summed E-state index contributed by atoms with van der Waals surface area (Å²) in [7, 11) is 1.62. The van der Waals surface area contributed by atoms with Gasteiger partial charge in [-0.25, -0.2) is 5.43 Å². The molecule has 0 aliphatic rings. The molecule has 0 spiro atoms. The van der Waals surface area contributed by atoms with Gasteiger partial charge in [0.2, 0.25) is 0 Å². The number of methoxy groups -OCH3 is 1. The van der Waals surface area contributed by atoms with Crippen molar-refractivity contribution in [2.45, 2.75) is 0 Å². The molecule has 138 valence electrons. The molecule has 6 heteroatoms. The van der Waals surface area contributed by atoms with Crippen molar-refractivity contribution in [1.29, 1.82) is 0 Å². The molecule has 4 aromatic rings. The summed E-state index contributed by atoms with van der Waals surface area (Å²) < 4.78 is 5.15. The number of aromatic amines is 1. The molecule has 0 bridgehead atoms. The molecule has 4 rings (SSSR count). The summed E-state index contributed by atoms with van der Waals surface area (Å²) in [6.07, 6.45) is 1.64. The van der Waals surface area contributed by atoms with E-state index in [-0.39, 0.29) is 5.91 Å². The Morgan fingerprint density at radius 3 is 2.68 bits per heavy atom. The number of nitrogens with one attached hydrogen (secondary N) is 2. The Kier molecular flexibility index (Phi) is 4.84. The zero-order chi connectivity index (χ0) is 19.3. The molecule has 2 N–H and O–H groups in total. The van der Waals surface area contributed by atoms with Crippen LogP contribution in [0.25, 0.3) is 22.0 Å². The SMILES string of the molecule is COc1ccc(-c2cc(C(=O)NN=Cc3cccc4ccccc34)[nH]n2)cc1. The molecule has 0 saturated carbocycles. The molecule has 0 saturated heterocycles. The lowest BCUT2D eigenvalue weighted by Crippen LogP contribution is -2.18. The van der Waals surface area contributed by atoms with E-state index in [1.54, 1.807) is 19.4 Å². The first-order valence-electron chi connectivity index (χ1n) is 8.75. The van der Waals surface area contributed by atoms with Gasteiger partial charge in [-0.2, -0.15) is 10.2 Å². The Bertz CT molecular complexity index is 1140. The van der Waals surface area contributed by atoms with Gasteiger partial charge < -0.3 is 4.74 Å². The molecule has 6 nitrogen and oxygen atoms in total. The summed E-state index contributed by atoms with van der Waals surface area (Å²) >= 11 is 0. The molecule has 1 amide bonds. The van der Waals surface area contributed by atoms with Crippen LogP contribution in [-0.4, -0.2) is 29.4 Å². The highest BCUT2D eigenvalue weighted by Gasteiger charge is 2.10. The van der Waals surface area contributed by atoms with E-state index in [0.29, 0.717) is 11.4 Å². The predicted octanol–water partition coefficient (Wildman–Crippen LogP) is 4.00. The highest BCUT2D eigenvalue weighted by Crippen LogP contribution is 2.21. The van der Waals surface area contributed by atoms with E-state index in [9.17, 15) is 4.79 Å². The lowest BCUT2D eigenvalue weighted by molar-refractivity contribution is 0.0950. The quantitative estimate of drug-likeness (QED) is 0.412. The first-order valence-corrected chi connectivity index (χ1v) is 8.75. The van der Waals surface area contributed by atoms with Crippen LogP contribution in [0.5, 0.6) is 5.75 Å². The van der Waals surface area contributed by atoms with Crippen molar-refractivity contribution in [2.24, 2.45) is 5.10 Å². The average Bonchev–Trinajstić information content (AvgIpc) is 3.24. The van der Waals surface area contributed by atoms with Crippen molar-refractivity contribution in [1.82, 2.24) is 15.6 Å². The van der Waals surface area contributed by atoms with Crippen LogP contribution < -0.4 is 10.2 Å². The molecule has 0 aliphatic heterocycles. The molecule has 1 aromatic heterocycles. The normalized spacial score (nSPS) is 11.0. The standard InChI is InChI=1S/C22H18N4O2/c1-28-18-11-9-16(10-12-18)20-13-21(25-24-20)22(27)26-23-14-17-7-4-6-15-5-2-3-8-19(15)17/h2-14H,1H3,(H,24,25)(H,26,27). The maximum atomic E-state index is 12.3. The summed E-state index contributed by atoms with van der Waals surface area (Å²) in [4.78, 5) is 12.3. The summed E-state index contributed by atoms with van der Waals surface area (Å²) in [6.45, 7) is 0. The molecule has 3 aromatic carbocycles. The van der Waals surface area contributed by atoms with Gasteiger partial charge in [-0.3, -0.25) is 9.89 Å². The van der Waals surface area contributed by atoms with Gasteiger partial charge in [0.25, 0.3) is 5.91 Å². The third-order valence-electron chi connectivity index (χ3n) is 4.40. The van der Waals surface area contributed by atoms with Gasteiger partial charge in [-0.1, -0.05) is 42.5 Å². The van der Waals surface area contributed by atoms with Gasteiger partial charge in [0.15, 0.2) is 0 Å². The molecular formula is C22H18N4O2. The second-order valence-corrected chi connectivity index (χ2v) is 6.16. The predicted molar refractivity (Wildman–Crippen MR) is 110 cm³/mol. The smallest absolute Gasteiger partial charge is 0.289 e. The summed E-state index contributed by atoms with van der Waals surface area (Å²) in [5.74, 6) is 0.406. The number of carbonyl (C=O) groups is 1. The molecule has 0 unspecified atom stereocenters. The van der Waals surface area contributed by atoms with Crippen molar-refractivity contribution in [2.75, 3.05) is 7.11 Å². The minimum Gasteiger partial charge on any atom is -0.497 e. The topological polar surface area (TPSA) is 79.4 Å². The third-order valence-corrected chi connectivity index (χ3v) is 4.40. The van der Waals surface area contributed by atoms with E-state index in [0.717, 1.165) is 27.6 Å². The number of hydrogen-bond donors (Lipinski definition) is 2. The van der Waals surface area contributed by atoms with Crippen LogP contribution in [0.1, 0.15) is 16.1 Å². The fourth-order valence-corrected chi connectivity index (χ4v) is 2.93. The number of benzene rings is 3. The van der Waals surface area contributed by atoms with Crippen molar-refractivity contribution < 1.29 is 9.53 Å². The summed E-state index contributed by atoms with van der Waals surface area (Å²) in [5, 5.41) is 13.2. The molecule has 0 radical (unpaired) electrons. The largest absolute Gasteiger partial charge is 0.497 e. The highest BCUT2D eigenvalue weighted by atomic mass is 16.5. The first kappa shape index (κ1) is 17.5. The zero-order valence-electron chi connectivity index (χ0n) is 15.2. The highest BCUT2D eigenvalue weighted by molar-refractivity contribution is 6.00. The van der Waals surface area contributed by atoms with Crippen LogP contribution in [0.2, 0.25) is 0 Å². The second kappa shape index (κ2) is 7.75. The van der Waals surface area contributed by atoms with E-state index in [1.807, 2.05) is 66.7 Å². The van der Waals surface area contributed by atoms with Gasteiger partial charge in [-0.05, 0) is 41.1 Å². The van der Waals surface area contributed by atoms with Crippen LogP contribution in [0.4, 0.5) is 0 Å². The van der Waals surface area contributed by atoms with Gasteiger partial charge >= 0.3 is 0 Å². The van der Waals surface area contributed by atoms with Crippen molar-refractivity contribution in [3.63, 3.8) is 0 Å². The summed E-state index contributed by atoms with van der Waals surface area (Å²) in [6, 6.07) is 23.1. The number of H-pyrrole nitrogens is 1. The molecular weight excluding hydrogens is 352 g/mol. The van der Waals surface area contributed by atoms with Gasteiger partial charge in [0.05, 0.1) is 19.0 Å². The van der Waals surface area contributed by atoms with Crippen LogP contribution >= 0.6 is 0 Å². The number of hydrogen-bond acceptors (Lipinski definition) is 4. The zero-order valence-corrected chi connectivity index (χ0v) is 15.2. The molecule has 0 fully saturated rings. The monoisotopic (exact) mass is 370 g/mol. The number of amides is 1. The number of nitrogens with zero attached hydrogens (tertiary/aromatic N) is 2. The van der Waals surface area contributed by atoms with Crippen molar-refractivity contribution in [3.8, 4) is 17.0 Å². The maximum absolute atomic E-state index is 12.3. The Hall–Kier alpha value is -3.93. The molecule has 0 aliphatic carbocycles. The minimum absolute atomic E-state index is 0.334. The lowest BCUT2D eigenvalue weighted by Gasteiger charge is -2.01. The second-order valence-electron chi connectivity index (χ2n) is 6.16. The lowest BCUT2D eigenvalue weighted by atomic mass is 10.1. The van der Waals surface area contributed by atoms with Crippen LogP contribution in [0.15, 0.2) is 77.9 Å². The maximum Gasteiger partial charge on any atom is 0.289 e. The minimum atomic E-state index is -0.358. The van der Waals surface area contributed by atoms with Crippen molar-refractivity contribution >= 4 is 22.9 Å². The molecule has 0 atom stereocenters. The van der Waals surface area contributed by atoms with Crippen molar-refractivity contribution in [3.05, 3.63) is 84.1 Å². The van der Waals surface area contributed by atoms with E-state index in [2.05, 4.69) is 20.7 Å². The van der Waals surface area contributed by atoms with E-state index in [1.165, 1.54) is 0 Å². The van der Waals surface area contributed by atoms with E-state index < -0.39 is 0 Å². The number of aromatic nitrogens is 2. The fourth-order valence-electron chi connectivity index (χ4n) is 2.93. The van der Waals surface area contributed by atoms with Crippen LogP contribution in [0.3, 0.4) is 0 Å². The Morgan fingerprint density at radius 1 is 1.07 bits per heavy atom. The third kappa shape index (κ3) is 3.61. The average molecular weight is 370 g/mol. The number of fused-ring (bicyclic) bond motifs is 1. The Balaban J connectivity index is 1.46. The van der Waals surface area contributed by atoms with Gasteiger partial charge in [0, 0.05) is 11.1 Å². The number of hydrazone groups is 1. The fraction of sp³-hybridized carbons (Fsp3) is 0.0455. The van der Waals surface area contributed by atoms with Crippen LogP contribution in [-0.2, 0) is 0 Å². The molecule has 1 heterocycles. The van der Waals surface area contributed by atoms with E-state index in [4.69, 9.17) is 4.74 Å². The van der Waals surface area contributed by atoms with Gasteiger partial charge in [-0.15, -0.1) is 0 Å². The van der Waals surface area contributed by atoms with Gasteiger partial charge in [0.1, 0.15) is 11.4 Å². The number of carbonyl (C=O) groups excluding carboxylic acids is 1. The Labute approximate surface area is 161 Å². The molecule has 28 heavy (non-hydrogen) atoms. The summed E-state index contributed by atoms with van der Waals surface area (Å²) in [5.41, 5.74) is 5.36. The van der Waals surface area contributed by atoms with E-state index >= 15 is 0 Å². The van der Waals surface area contributed by atoms with Crippen LogP contribution in [0, 0.1) is 0 Å². The Morgan fingerprint density at radius 2 is 1.86 bits per heavy atom. The first-order chi connectivity index (χ1) is 13.7. The number of ether oxygens (including phenoxy) is 1. The number of rotatable bonds is 5.